The standard InChI is InChI=1S/C12H17ClO2/c1-4-11(14)9-7-10(13)8(3)6-12(9)15-5-2/h6-7,11,14H,4-5H2,1-3H3. The highest BCUT2D eigenvalue weighted by Crippen LogP contribution is 2.32. The summed E-state index contributed by atoms with van der Waals surface area (Å²) in [4.78, 5) is 0. The summed E-state index contributed by atoms with van der Waals surface area (Å²) in [6, 6.07) is 3.66. The summed E-state index contributed by atoms with van der Waals surface area (Å²) in [6.45, 7) is 6.36. The number of aliphatic hydroxyl groups excluding tert-OH is 1. The van der Waals surface area contributed by atoms with Gasteiger partial charge >= 0.3 is 0 Å². The summed E-state index contributed by atoms with van der Waals surface area (Å²) in [5.41, 5.74) is 1.74. The van der Waals surface area contributed by atoms with Crippen molar-refractivity contribution in [2.24, 2.45) is 0 Å². The summed E-state index contributed by atoms with van der Waals surface area (Å²) < 4.78 is 5.48. The Hall–Kier alpha value is -0.730. The van der Waals surface area contributed by atoms with E-state index in [1.54, 1.807) is 6.07 Å². The lowest BCUT2D eigenvalue weighted by molar-refractivity contribution is 0.167. The molecule has 0 bridgehead atoms. The number of benzene rings is 1. The molecule has 0 fully saturated rings. The minimum Gasteiger partial charge on any atom is -0.493 e. The fourth-order valence-corrected chi connectivity index (χ4v) is 1.60. The van der Waals surface area contributed by atoms with Crippen LogP contribution in [0.15, 0.2) is 12.1 Å². The molecule has 84 valence electrons. The Balaban J connectivity index is 3.15. The van der Waals surface area contributed by atoms with E-state index in [4.69, 9.17) is 16.3 Å². The number of halogens is 1. The van der Waals surface area contributed by atoms with E-state index in [0.29, 0.717) is 18.1 Å². The predicted molar refractivity (Wildman–Crippen MR) is 62.6 cm³/mol. The second-order valence-electron chi connectivity index (χ2n) is 3.50. The lowest BCUT2D eigenvalue weighted by atomic mass is 10.0. The molecule has 1 rings (SSSR count). The first-order valence-corrected chi connectivity index (χ1v) is 5.58. The quantitative estimate of drug-likeness (QED) is 0.855. The predicted octanol–water partition coefficient (Wildman–Crippen LogP) is 3.49. The van der Waals surface area contributed by atoms with E-state index in [2.05, 4.69) is 0 Å². The molecule has 0 aromatic heterocycles. The van der Waals surface area contributed by atoms with E-state index >= 15 is 0 Å². The first-order valence-electron chi connectivity index (χ1n) is 5.21. The van der Waals surface area contributed by atoms with Crippen molar-refractivity contribution in [3.05, 3.63) is 28.3 Å². The van der Waals surface area contributed by atoms with Crippen molar-refractivity contribution in [3.8, 4) is 5.75 Å². The maximum absolute atomic E-state index is 9.81. The monoisotopic (exact) mass is 228 g/mol. The molecule has 1 atom stereocenters. The molecular weight excluding hydrogens is 212 g/mol. The van der Waals surface area contributed by atoms with Gasteiger partial charge in [-0.15, -0.1) is 0 Å². The number of aryl methyl sites for hydroxylation is 1. The number of rotatable bonds is 4. The van der Waals surface area contributed by atoms with E-state index in [-0.39, 0.29) is 0 Å². The third kappa shape index (κ3) is 2.86. The van der Waals surface area contributed by atoms with Gasteiger partial charge in [-0.05, 0) is 38.0 Å². The molecule has 15 heavy (non-hydrogen) atoms. The zero-order chi connectivity index (χ0) is 11.4. The van der Waals surface area contributed by atoms with Gasteiger partial charge in [0.15, 0.2) is 0 Å². The maximum Gasteiger partial charge on any atom is 0.125 e. The summed E-state index contributed by atoms with van der Waals surface area (Å²) in [7, 11) is 0. The molecule has 3 heteroatoms. The van der Waals surface area contributed by atoms with Crippen LogP contribution in [0.4, 0.5) is 0 Å². The molecule has 1 aromatic carbocycles. The molecule has 1 N–H and O–H groups in total. The second kappa shape index (κ2) is 5.38. The molecule has 0 spiro atoms. The van der Waals surface area contributed by atoms with Crippen molar-refractivity contribution in [3.63, 3.8) is 0 Å². The van der Waals surface area contributed by atoms with Gasteiger partial charge in [-0.1, -0.05) is 18.5 Å². The molecule has 1 unspecified atom stereocenters. The van der Waals surface area contributed by atoms with Crippen LogP contribution in [0.5, 0.6) is 5.75 Å². The fraction of sp³-hybridized carbons (Fsp3) is 0.500. The van der Waals surface area contributed by atoms with Crippen molar-refractivity contribution >= 4 is 11.6 Å². The van der Waals surface area contributed by atoms with Crippen LogP contribution in [0.3, 0.4) is 0 Å². The molecule has 0 amide bonds. The van der Waals surface area contributed by atoms with Crippen LogP contribution in [0.2, 0.25) is 5.02 Å². The smallest absolute Gasteiger partial charge is 0.125 e. The van der Waals surface area contributed by atoms with Crippen molar-refractivity contribution in [2.75, 3.05) is 6.61 Å². The Morgan fingerprint density at radius 1 is 1.40 bits per heavy atom. The van der Waals surface area contributed by atoms with Crippen molar-refractivity contribution in [1.29, 1.82) is 0 Å². The fourth-order valence-electron chi connectivity index (χ4n) is 1.43. The van der Waals surface area contributed by atoms with E-state index in [1.807, 2.05) is 26.8 Å². The Kier molecular flexibility index (Phi) is 4.43. The molecule has 0 radical (unpaired) electrons. The second-order valence-corrected chi connectivity index (χ2v) is 3.90. The van der Waals surface area contributed by atoms with Gasteiger partial charge in [0.05, 0.1) is 12.7 Å². The normalized spacial score (nSPS) is 12.6. The maximum atomic E-state index is 9.81. The van der Waals surface area contributed by atoms with Gasteiger partial charge in [-0.25, -0.2) is 0 Å². The lowest BCUT2D eigenvalue weighted by Gasteiger charge is -2.15. The van der Waals surface area contributed by atoms with Crippen molar-refractivity contribution in [1.82, 2.24) is 0 Å². The number of ether oxygens (including phenoxy) is 1. The molecule has 1 aromatic rings. The van der Waals surface area contributed by atoms with Crippen LogP contribution in [0.1, 0.15) is 37.5 Å². The van der Waals surface area contributed by atoms with Gasteiger partial charge in [-0.2, -0.15) is 0 Å². The van der Waals surface area contributed by atoms with E-state index in [9.17, 15) is 5.11 Å². The van der Waals surface area contributed by atoms with E-state index in [1.165, 1.54) is 0 Å². The van der Waals surface area contributed by atoms with Gasteiger partial charge in [0.25, 0.3) is 0 Å². The average Bonchev–Trinajstić information content (AvgIpc) is 2.22. The summed E-state index contributed by atoms with van der Waals surface area (Å²) in [6.07, 6.45) is 0.143. The molecule has 0 aliphatic carbocycles. The van der Waals surface area contributed by atoms with Gasteiger partial charge in [0.1, 0.15) is 5.75 Å². The van der Waals surface area contributed by atoms with E-state index in [0.717, 1.165) is 16.9 Å². The Morgan fingerprint density at radius 3 is 2.60 bits per heavy atom. The number of aliphatic hydroxyl groups is 1. The highest BCUT2D eigenvalue weighted by molar-refractivity contribution is 6.31. The van der Waals surface area contributed by atoms with E-state index < -0.39 is 6.10 Å². The van der Waals surface area contributed by atoms with Gasteiger partial charge in [-0.3, -0.25) is 0 Å². The summed E-state index contributed by atoms with van der Waals surface area (Å²) in [5.74, 6) is 0.730. The number of hydrogen-bond acceptors (Lipinski definition) is 2. The van der Waals surface area contributed by atoms with Crippen molar-refractivity contribution in [2.45, 2.75) is 33.3 Å². The third-order valence-corrected chi connectivity index (χ3v) is 2.74. The minimum absolute atomic E-state index is 0.510. The molecule has 0 saturated heterocycles. The summed E-state index contributed by atoms with van der Waals surface area (Å²) >= 11 is 6.02. The zero-order valence-electron chi connectivity index (χ0n) is 9.38. The first kappa shape index (κ1) is 12.3. The van der Waals surface area contributed by atoms with Crippen LogP contribution in [0, 0.1) is 6.92 Å². The first-order chi connectivity index (χ1) is 7.10. The lowest BCUT2D eigenvalue weighted by Crippen LogP contribution is -2.02. The Labute approximate surface area is 95.8 Å². The largest absolute Gasteiger partial charge is 0.493 e. The highest BCUT2D eigenvalue weighted by atomic mass is 35.5. The SMILES string of the molecule is CCOc1cc(C)c(Cl)cc1C(O)CC. The van der Waals surface area contributed by atoms with Crippen LogP contribution >= 0.6 is 11.6 Å². The minimum atomic E-state index is -0.510. The van der Waals surface area contributed by atoms with Gasteiger partial charge in [0.2, 0.25) is 0 Å². The average molecular weight is 229 g/mol. The van der Waals surface area contributed by atoms with Crippen molar-refractivity contribution < 1.29 is 9.84 Å². The molecular formula is C12H17ClO2. The van der Waals surface area contributed by atoms with Crippen LogP contribution in [-0.2, 0) is 0 Å². The number of hydrogen-bond donors (Lipinski definition) is 1. The highest BCUT2D eigenvalue weighted by Gasteiger charge is 2.13. The molecule has 2 nitrogen and oxygen atoms in total. The Bertz CT molecular complexity index is 337. The van der Waals surface area contributed by atoms with Gasteiger partial charge < -0.3 is 9.84 Å². The van der Waals surface area contributed by atoms with Crippen LogP contribution < -0.4 is 4.74 Å². The Morgan fingerprint density at radius 2 is 2.07 bits per heavy atom. The zero-order valence-corrected chi connectivity index (χ0v) is 10.1. The van der Waals surface area contributed by atoms with Crippen LogP contribution in [-0.4, -0.2) is 11.7 Å². The molecule has 0 saturated carbocycles. The molecule has 0 aliphatic rings. The topological polar surface area (TPSA) is 29.5 Å². The van der Waals surface area contributed by atoms with Gasteiger partial charge in [0, 0.05) is 10.6 Å². The van der Waals surface area contributed by atoms with Crippen LogP contribution in [0.25, 0.3) is 0 Å². The third-order valence-electron chi connectivity index (χ3n) is 2.34. The summed E-state index contributed by atoms with van der Waals surface area (Å²) in [5, 5.41) is 10.5. The molecule has 0 heterocycles. The molecule has 0 aliphatic heterocycles.